The second-order valence-corrected chi connectivity index (χ2v) is 4.38. The van der Waals surface area contributed by atoms with E-state index in [1.807, 2.05) is 0 Å². The fourth-order valence-corrected chi connectivity index (χ4v) is 2.38. The van der Waals surface area contributed by atoms with Crippen molar-refractivity contribution >= 4 is 0 Å². The predicted octanol–water partition coefficient (Wildman–Crippen LogP) is 0.674. The molecule has 0 aromatic rings. The first kappa shape index (κ1) is 7.56. The molecule has 2 heterocycles. The lowest BCUT2D eigenvalue weighted by Crippen LogP contribution is -2.63. The van der Waals surface area contributed by atoms with Crippen molar-refractivity contribution in [2.24, 2.45) is 17.6 Å². The molecule has 1 saturated carbocycles. The van der Waals surface area contributed by atoms with Crippen molar-refractivity contribution in [3.8, 4) is 0 Å². The van der Waals surface area contributed by atoms with Gasteiger partial charge in [0.25, 0.3) is 0 Å². The maximum atomic E-state index is 5.96. The van der Waals surface area contributed by atoms with E-state index in [2.05, 4.69) is 18.7 Å². The summed E-state index contributed by atoms with van der Waals surface area (Å²) in [6.07, 6.45) is 1.39. The van der Waals surface area contributed by atoms with Gasteiger partial charge in [-0.15, -0.1) is 0 Å². The van der Waals surface area contributed by atoms with Crippen molar-refractivity contribution in [3.05, 3.63) is 0 Å². The van der Waals surface area contributed by atoms with E-state index in [-0.39, 0.29) is 0 Å². The van der Waals surface area contributed by atoms with Crippen LogP contribution in [0.25, 0.3) is 0 Å². The Morgan fingerprint density at radius 2 is 1.82 bits per heavy atom. The molecule has 0 radical (unpaired) electrons. The van der Waals surface area contributed by atoms with Crippen LogP contribution in [0.5, 0.6) is 0 Å². The summed E-state index contributed by atoms with van der Waals surface area (Å²) >= 11 is 0. The maximum Gasteiger partial charge on any atom is 0.0120 e. The molecule has 0 amide bonds. The van der Waals surface area contributed by atoms with Crippen LogP contribution in [0.15, 0.2) is 0 Å². The third kappa shape index (κ3) is 1.09. The highest BCUT2D eigenvalue weighted by molar-refractivity contribution is 5.00. The van der Waals surface area contributed by atoms with Gasteiger partial charge in [-0.05, 0) is 32.1 Å². The average molecular weight is 154 g/mol. The van der Waals surface area contributed by atoms with E-state index < -0.39 is 0 Å². The molecule has 2 nitrogen and oxygen atoms in total. The first-order valence-corrected chi connectivity index (χ1v) is 4.68. The summed E-state index contributed by atoms with van der Waals surface area (Å²) in [7, 11) is 0. The Bertz CT molecular complexity index is 144. The molecule has 2 bridgehead atoms. The van der Waals surface area contributed by atoms with Gasteiger partial charge < -0.3 is 10.6 Å². The Labute approximate surface area is 68.7 Å². The molecule has 1 aliphatic carbocycles. The summed E-state index contributed by atoms with van der Waals surface area (Å²) in [5.41, 5.74) is 5.96. The minimum atomic E-state index is 0.532. The van der Waals surface area contributed by atoms with Crippen molar-refractivity contribution < 1.29 is 0 Å². The smallest absolute Gasteiger partial charge is 0.0120 e. The summed E-state index contributed by atoms with van der Waals surface area (Å²) in [6.45, 7) is 7.04. The molecule has 0 aromatic carbocycles. The molecule has 1 unspecified atom stereocenters. The fraction of sp³-hybridized carbons (Fsp3) is 1.00. The molecule has 3 aliphatic rings. The zero-order valence-electron chi connectivity index (χ0n) is 7.46. The Morgan fingerprint density at radius 1 is 1.27 bits per heavy atom. The van der Waals surface area contributed by atoms with Gasteiger partial charge in [0.15, 0.2) is 0 Å². The van der Waals surface area contributed by atoms with E-state index in [1.54, 1.807) is 0 Å². The first-order chi connectivity index (χ1) is 5.18. The van der Waals surface area contributed by atoms with Crippen LogP contribution in [0.3, 0.4) is 0 Å². The number of nitrogens with zero attached hydrogens (tertiary/aromatic N) is 1. The van der Waals surface area contributed by atoms with Gasteiger partial charge in [0.2, 0.25) is 0 Å². The number of fused-ring (bicyclic) bond motifs is 2. The van der Waals surface area contributed by atoms with Gasteiger partial charge in [-0.1, -0.05) is 0 Å². The zero-order valence-corrected chi connectivity index (χ0v) is 7.46. The lowest BCUT2D eigenvalue weighted by Gasteiger charge is -2.53. The van der Waals surface area contributed by atoms with Gasteiger partial charge in [0.05, 0.1) is 0 Å². The number of hydrogen-bond acceptors (Lipinski definition) is 2. The molecule has 0 spiro atoms. The Kier molecular flexibility index (Phi) is 1.69. The Hall–Kier alpha value is -0.0800. The SMILES string of the molecule is CC(C)N1C[C@H]2C[C@@H](C1)C2N. The Balaban J connectivity index is 1.94. The predicted molar refractivity (Wildman–Crippen MR) is 46.3 cm³/mol. The van der Waals surface area contributed by atoms with Gasteiger partial charge in [-0.2, -0.15) is 0 Å². The second kappa shape index (κ2) is 2.46. The standard InChI is InChI=1S/C9H18N2/c1-6(2)11-4-7-3-8(5-11)9(7)10/h6-9H,3-5,10H2,1-2H3/t7-,8+,9?. The molecule has 11 heavy (non-hydrogen) atoms. The molecule has 64 valence electrons. The van der Waals surface area contributed by atoms with E-state index in [9.17, 15) is 0 Å². The van der Waals surface area contributed by atoms with Crippen LogP contribution in [0.2, 0.25) is 0 Å². The topological polar surface area (TPSA) is 29.3 Å². The van der Waals surface area contributed by atoms with Crippen molar-refractivity contribution in [2.45, 2.75) is 32.4 Å². The van der Waals surface area contributed by atoms with E-state index in [1.165, 1.54) is 19.5 Å². The highest BCUT2D eigenvalue weighted by atomic mass is 15.2. The van der Waals surface area contributed by atoms with Crippen LogP contribution in [0, 0.1) is 11.8 Å². The van der Waals surface area contributed by atoms with Crippen LogP contribution in [-0.2, 0) is 0 Å². The highest BCUT2D eigenvalue weighted by Crippen LogP contribution is 2.38. The Morgan fingerprint density at radius 3 is 2.18 bits per heavy atom. The normalized spacial score (nSPS) is 44.2. The van der Waals surface area contributed by atoms with Gasteiger partial charge in [-0.25, -0.2) is 0 Å². The highest BCUT2D eigenvalue weighted by Gasteiger charge is 2.44. The van der Waals surface area contributed by atoms with Crippen LogP contribution < -0.4 is 5.73 Å². The average Bonchev–Trinajstić information content (AvgIpc) is 2.03. The molecule has 2 N–H and O–H groups in total. The summed E-state index contributed by atoms with van der Waals surface area (Å²) in [6, 6.07) is 1.25. The third-order valence-electron chi connectivity index (χ3n) is 3.36. The number of rotatable bonds is 1. The number of hydrogen-bond donors (Lipinski definition) is 1. The summed E-state index contributed by atoms with van der Waals surface area (Å²) in [5, 5.41) is 0. The minimum Gasteiger partial charge on any atom is -0.327 e. The summed E-state index contributed by atoms with van der Waals surface area (Å²) < 4.78 is 0. The van der Waals surface area contributed by atoms with E-state index in [0.717, 1.165) is 11.8 Å². The molecule has 2 aliphatic heterocycles. The van der Waals surface area contributed by atoms with Crippen molar-refractivity contribution in [3.63, 3.8) is 0 Å². The lowest BCUT2D eigenvalue weighted by molar-refractivity contribution is -0.0124. The van der Waals surface area contributed by atoms with Gasteiger partial charge in [0.1, 0.15) is 0 Å². The van der Waals surface area contributed by atoms with E-state index >= 15 is 0 Å². The third-order valence-corrected chi connectivity index (χ3v) is 3.36. The monoisotopic (exact) mass is 154 g/mol. The van der Waals surface area contributed by atoms with Crippen molar-refractivity contribution in [1.29, 1.82) is 0 Å². The zero-order chi connectivity index (χ0) is 8.01. The molecular formula is C9H18N2. The fourth-order valence-electron chi connectivity index (χ4n) is 2.38. The second-order valence-electron chi connectivity index (χ2n) is 4.38. The summed E-state index contributed by atoms with van der Waals surface area (Å²) in [5.74, 6) is 1.63. The van der Waals surface area contributed by atoms with Gasteiger partial charge >= 0.3 is 0 Å². The molecule has 2 heteroatoms. The quantitative estimate of drug-likeness (QED) is 0.601. The van der Waals surface area contributed by atoms with Crippen molar-refractivity contribution in [2.75, 3.05) is 13.1 Å². The largest absolute Gasteiger partial charge is 0.327 e. The van der Waals surface area contributed by atoms with E-state index in [4.69, 9.17) is 5.73 Å². The van der Waals surface area contributed by atoms with Gasteiger partial charge in [0, 0.05) is 25.2 Å². The molecule has 0 aromatic heterocycles. The van der Waals surface area contributed by atoms with Crippen molar-refractivity contribution in [1.82, 2.24) is 4.90 Å². The van der Waals surface area contributed by atoms with Crippen LogP contribution in [0.1, 0.15) is 20.3 Å². The van der Waals surface area contributed by atoms with Crippen LogP contribution in [0.4, 0.5) is 0 Å². The van der Waals surface area contributed by atoms with E-state index in [0.29, 0.717) is 12.1 Å². The van der Waals surface area contributed by atoms with Crippen LogP contribution in [-0.4, -0.2) is 30.1 Å². The number of nitrogens with two attached hydrogens (primary N) is 1. The van der Waals surface area contributed by atoms with Gasteiger partial charge in [-0.3, -0.25) is 0 Å². The minimum absolute atomic E-state index is 0.532. The first-order valence-electron chi connectivity index (χ1n) is 4.68. The molecule has 3 rings (SSSR count). The number of piperidine rings is 2. The molecule has 2 saturated heterocycles. The maximum absolute atomic E-state index is 5.96. The van der Waals surface area contributed by atoms with Crippen LogP contribution >= 0.6 is 0 Å². The summed E-state index contributed by atoms with van der Waals surface area (Å²) in [4.78, 5) is 2.56. The lowest BCUT2D eigenvalue weighted by atomic mass is 9.66. The molecule has 3 atom stereocenters. The molecule has 3 fully saturated rings. The molecular weight excluding hydrogens is 136 g/mol.